The van der Waals surface area contributed by atoms with Crippen molar-refractivity contribution in [2.75, 3.05) is 0 Å². The zero-order chi connectivity index (χ0) is 9.02. The fraction of sp³-hybridized carbons (Fsp3) is 0.143. The molecule has 0 aromatic heterocycles. The molecule has 4 N–H and O–H groups in total. The van der Waals surface area contributed by atoms with Gasteiger partial charge in [0.15, 0.2) is 11.6 Å². The Balaban J connectivity index is 4.07. The van der Waals surface area contributed by atoms with Crippen LogP contribution in [0.3, 0.4) is 0 Å². The van der Waals surface area contributed by atoms with E-state index in [0.717, 1.165) is 0 Å². The van der Waals surface area contributed by atoms with E-state index < -0.39 is 11.6 Å². The summed E-state index contributed by atoms with van der Waals surface area (Å²) in [6, 6.07) is 0. The number of Topliss-reactive ketones (excluding diaryl/α,β-unsaturated/α-hetero) is 2. The summed E-state index contributed by atoms with van der Waals surface area (Å²) in [6.45, 7) is 6.35. The van der Waals surface area contributed by atoms with Crippen molar-refractivity contribution in [1.82, 2.24) is 0 Å². The average molecular weight is 154 g/mol. The number of hydrogen-bond acceptors (Lipinski definition) is 4. The highest BCUT2D eigenvalue weighted by Gasteiger charge is 2.10. The summed E-state index contributed by atoms with van der Waals surface area (Å²) in [6.07, 6.45) is -0.343. The van der Waals surface area contributed by atoms with Gasteiger partial charge in [-0.05, 0) is 0 Å². The van der Waals surface area contributed by atoms with Crippen molar-refractivity contribution in [1.29, 1.82) is 0 Å². The highest BCUT2D eigenvalue weighted by molar-refractivity contribution is 6.11. The van der Waals surface area contributed by atoms with Gasteiger partial charge in [0.1, 0.15) is 0 Å². The van der Waals surface area contributed by atoms with Gasteiger partial charge < -0.3 is 11.5 Å². The number of carbonyl (C=O) groups is 2. The Morgan fingerprint density at radius 3 is 1.45 bits per heavy atom. The lowest BCUT2D eigenvalue weighted by Crippen LogP contribution is -2.18. The Kier molecular flexibility index (Phi) is 3.04. The largest absolute Gasteiger partial charge is 0.396 e. The number of hydrogen-bond donors (Lipinski definition) is 2. The normalized spacial score (nSPS) is 8.73. The summed E-state index contributed by atoms with van der Waals surface area (Å²) < 4.78 is 0. The van der Waals surface area contributed by atoms with Crippen molar-refractivity contribution in [2.45, 2.75) is 6.42 Å². The second kappa shape index (κ2) is 3.55. The van der Waals surface area contributed by atoms with Gasteiger partial charge in [0.05, 0.1) is 17.8 Å². The summed E-state index contributed by atoms with van der Waals surface area (Å²) in [7, 11) is 0. The van der Waals surface area contributed by atoms with E-state index in [1.165, 1.54) is 0 Å². The zero-order valence-electron chi connectivity index (χ0n) is 6.09. The molecular formula is C7H10N2O2. The first-order chi connectivity index (χ1) is 4.95. The van der Waals surface area contributed by atoms with Crippen molar-refractivity contribution >= 4 is 11.6 Å². The van der Waals surface area contributed by atoms with Crippen LogP contribution in [0.25, 0.3) is 0 Å². The topological polar surface area (TPSA) is 86.2 Å². The molecule has 4 heteroatoms. The molecule has 0 atom stereocenters. The SMILES string of the molecule is C=C(N)C(=O)CC(=O)C(=C)N. The van der Waals surface area contributed by atoms with E-state index in [9.17, 15) is 9.59 Å². The van der Waals surface area contributed by atoms with E-state index in [-0.39, 0.29) is 17.8 Å². The number of allylic oxidation sites excluding steroid dienone is 2. The van der Waals surface area contributed by atoms with Crippen LogP contribution >= 0.6 is 0 Å². The average Bonchev–Trinajstić information content (AvgIpc) is 1.87. The predicted molar refractivity (Wildman–Crippen MR) is 41.3 cm³/mol. The van der Waals surface area contributed by atoms with Crippen molar-refractivity contribution in [3.8, 4) is 0 Å². The molecule has 0 aliphatic carbocycles. The smallest absolute Gasteiger partial charge is 0.185 e. The molecular weight excluding hydrogens is 144 g/mol. The predicted octanol–water partition coefficient (Wildman–Crippen LogP) is -0.540. The quantitative estimate of drug-likeness (QED) is 0.420. The van der Waals surface area contributed by atoms with Crippen molar-refractivity contribution in [2.24, 2.45) is 11.5 Å². The molecule has 0 amide bonds. The Morgan fingerprint density at radius 1 is 1.00 bits per heavy atom. The molecule has 60 valence electrons. The van der Waals surface area contributed by atoms with Crippen molar-refractivity contribution in [3.05, 3.63) is 24.6 Å². The second-order valence-corrected chi connectivity index (χ2v) is 2.07. The molecule has 0 aromatic rings. The van der Waals surface area contributed by atoms with Gasteiger partial charge in [0.2, 0.25) is 0 Å². The van der Waals surface area contributed by atoms with Crippen LogP contribution in [0.4, 0.5) is 0 Å². The van der Waals surface area contributed by atoms with Gasteiger partial charge in [0.25, 0.3) is 0 Å². The Morgan fingerprint density at radius 2 is 1.27 bits per heavy atom. The molecule has 0 saturated heterocycles. The fourth-order valence-electron chi connectivity index (χ4n) is 0.373. The summed E-state index contributed by atoms with van der Waals surface area (Å²) >= 11 is 0. The van der Waals surface area contributed by atoms with E-state index in [2.05, 4.69) is 13.2 Å². The summed E-state index contributed by atoms with van der Waals surface area (Å²) in [5.41, 5.74) is 9.76. The lowest BCUT2D eigenvalue weighted by molar-refractivity contribution is -0.123. The minimum absolute atomic E-state index is 0.139. The van der Waals surface area contributed by atoms with Gasteiger partial charge >= 0.3 is 0 Å². The summed E-state index contributed by atoms with van der Waals surface area (Å²) in [5.74, 6) is -1.02. The number of nitrogens with two attached hydrogens (primary N) is 2. The van der Waals surface area contributed by atoms with Crippen LogP contribution in [0, 0.1) is 0 Å². The minimum Gasteiger partial charge on any atom is -0.396 e. The molecule has 0 aliphatic heterocycles. The third-order valence-electron chi connectivity index (χ3n) is 1.04. The molecule has 0 saturated carbocycles. The molecule has 0 aromatic carbocycles. The van der Waals surface area contributed by atoms with Crippen molar-refractivity contribution < 1.29 is 9.59 Å². The van der Waals surface area contributed by atoms with E-state index in [0.29, 0.717) is 0 Å². The maximum Gasteiger partial charge on any atom is 0.185 e. The van der Waals surface area contributed by atoms with E-state index in [1.54, 1.807) is 0 Å². The Hall–Kier alpha value is -1.58. The Labute approximate surface area is 64.6 Å². The maximum absolute atomic E-state index is 10.7. The number of rotatable bonds is 4. The van der Waals surface area contributed by atoms with E-state index in [4.69, 9.17) is 11.5 Å². The second-order valence-electron chi connectivity index (χ2n) is 2.07. The molecule has 0 fully saturated rings. The van der Waals surface area contributed by atoms with Crippen LogP contribution in [-0.4, -0.2) is 11.6 Å². The van der Waals surface area contributed by atoms with Crippen LogP contribution in [-0.2, 0) is 9.59 Å². The highest BCUT2D eigenvalue weighted by atomic mass is 16.1. The first-order valence-corrected chi connectivity index (χ1v) is 2.90. The third-order valence-corrected chi connectivity index (χ3v) is 1.04. The van der Waals surface area contributed by atoms with Gasteiger partial charge in [-0.1, -0.05) is 13.2 Å². The van der Waals surface area contributed by atoms with Crippen LogP contribution in [0.1, 0.15) is 6.42 Å². The number of ketones is 2. The first-order valence-electron chi connectivity index (χ1n) is 2.90. The van der Waals surface area contributed by atoms with Gasteiger partial charge in [-0.3, -0.25) is 9.59 Å². The Bertz CT molecular complexity index is 207. The summed E-state index contributed by atoms with van der Waals surface area (Å²) in [4.78, 5) is 21.4. The van der Waals surface area contributed by atoms with Gasteiger partial charge in [-0.15, -0.1) is 0 Å². The molecule has 0 radical (unpaired) electrons. The van der Waals surface area contributed by atoms with Gasteiger partial charge in [0, 0.05) is 0 Å². The van der Waals surface area contributed by atoms with E-state index >= 15 is 0 Å². The van der Waals surface area contributed by atoms with Crippen molar-refractivity contribution in [3.63, 3.8) is 0 Å². The molecule has 0 unspecified atom stereocenters. The number of carbonyl (C=O) groups excluding carboxylic acids is 2. The van der Waals surface area contributed by atoms with Crippen LogP contribution in [0.5, 0.6) is 0 Å². The standard InChI is InChI=1S/C7H10N2O2/c1-4(8)6(10)3-7(11)5(2)9/h1-3,8-9H2. The molecule has 0 spiro atoms. The molecule has 11 heavy (non-hydrogen) atoms. The maximum atomic E-state index is 10.7. The fourth-order valence-corrected chi connectivity index (χ4v) is 0.373. The minimum atomic E-state index is -0.512. The molecule has 0 rings (SSSR count). The lowest BCUT2D eigenvalue weighted by Gasteiger charge is -1.97. The molecule has 0 aliphatic rings. The third kappa shape index (κ3) is 3.20. The lowest BCUT2D eigenvalue weighted by atomic mass is 10.1. The zero-order valence-corrected chi connectivity index (χ0v) is 6.09. The molecule has 4 nitrogen and oxygen atoms in total. The van der Waals surface area contributed by atoms with Crippen LogP contribution < -0.4 is 11.5 Å². The van der Waals surface area contributed by atoms with Crippen LogP contribution in [0.2, 0.25) is 0 Å². The monoisotopic (exact) mass is 154 g/mol. The van der Waals surface area contributed by atoms with E-state index in [1.807, 2.05) is 0 Å². The molecule has 0 bridgehead atoms. The van der Waals surface area contributed by atoms with Gasteiger partial charge in [-0.2, -0.15) is 0 Å². The molecule has 0 heterocycles. The van der Waals surface area contributed by atoms with Gasteiger partial charge in [-0.25, -0.2) is 0 Å². The highest BCUT2D eigenvalue weighted by Crippen LogP contribution is 1.94. The van der Waals surface area contributed by atoms with Crippen LogP contribution in [0.15, 0.2) is 24.6 Å². The first kappa shape index (κ1) is 9.42. The summed E-state index contributed by atoms with van der Waals surface area (Å²) in [5, 5.41) is 0.